The Morgan fingerprint density at radius 1 is 1.12 bits per heavy atom. The van der Waals surface area contributed by atoms with Crippen LogP contribution in [0.1, 0.15) is 51.3 Å². The highest BCUT2D eigenvalue weighted by atomic mass is 79.9. The van der Waals surface area contributed by atoms with E-state index in [4.69, 9.17) is 0 Å². The van der Waals surface area contributed by atoms with Gasteiger partial charge in [0.2, 0.25) is 0 Å². The van der Waals surface area contributed by atoms with Gasteiger partial charge < -0.3 is 0 Å². The highest BCUT2D eigenvalue weighted by Gasteiger charge is 2.05. The molecule has 0 aromatic carbocycles. The molecule has 1 atom stereocenters. The molecule has 0 amide bonds. The lowest BCUT2D eigenvalue weighted by Gasteiger charge is -2.11. The summed E-state index contributed by atoms with van der Waals surface area (Å²) in [6, 6.07) is 4.40. The van der Waals surface area contributed by atoms with E-state index in [2.05, 4.69) is 48.8 Å². The molecule has 0 saturated heterocycles. The van der Waals surface area contributed by atoms with Gasteiger partial charge in [0, 0.05) is 4.88 Å². The molecule has 2 heteroatoms. The monoisotopic (exact) mass is 302 g/mol. The van der Waals surface area contributed by atoms with Crippen molar-refractivity contribution in [3.63, 3.8) is 0 Å². The van der Waals surface area contributed by atoms with Crippen LogP contribution in [0, 0.1) is 11.8 Å². The molecular formula is C14H23BrS. The average Bonchev–Trinajstić information content (AvgIpc) is 2.61. The molecular weight excluding hydrogens is 280 g/mol. The van der Waals surface area contributed by atoms with Gasteiger partial charge in [-0.05, 0) is 52.7 Å². The molecule has 0 fully saturated rings. The van der Waals surface area contributed by atoms with Gasteiger partial charge in [0.25, 0.3) is 0 Å². The molecule has 1 unspecified atom stereocenters. The van der Waals surface area contributed by atoms with Crippen molar-refractivity contribution in [2.45, 2.75) is 52.9 Å². The van der Waals surface area contributed by atoms with Crippen molar-refractivity contribution in [2.75, 3.05) is 0 Å². The zero-order chi connectivity index (χ0) is 12.0. The van der Waals surface area contributed by atoms with E-state index in [0.717, 1.165) is 11.8 Å². The third-order valence-electron chi connectivity index (χ3n) is 2.99. The van der Waals surface area contributed by atoms with Gasteiger partial charge in [-0.3, -0.25) is 0 Å². The van der Waals surface area contributed by atoms with E-state index in [1.807, 2.05) is 11.3 Å². The molecule has 0 saturated carbocycles. The zero-order valence-electron chi connectivity index (χ0n) is 10.6. The zero-order valence-corrected chi connectivity index (χ0v) is 13.0. The van der Waals surface area contributed by atoms with Crippen molar-refractivity contribution in [1.29, 1.82) is 0 Å². The quantitative estimate of drug-likeness (QED) is 0.588. The minimum absolute atomic E-state index is 0.862. The Labute approximate surface area is 113 Å². The second-order valence-corrected chi connectivity index (χ2v) is 7.72. The molecule has 0 N–H and O–H groups in total. The maximum Gasteiger partial charge on any atom is 0.0701 e. The SMILES string of the molecule is CC(C)CCCC(C)CCc1ccc(Br)s1. The van der Waals surface area contributed by atoms with Crippen molar-refractivity contribution in [2.24, 2.45) is 11.8 Å². The van der Waals surface area contributed by atoms with E-state index in [-0.39, 0.29) is 0 Å². The Morgan fingerprint density at radius 3 is 2.44 bits per heavy atom. The van der Waals surface area contributed by atoms with Gasteiger partial charge in [0.15, 0.2) is 0 Å². The van der Waals surface area contributed by atoms with E-state index in [0.29, 0.717) is 0 Å². The predicted molar refractivity (Wildman–Crippen MR) is 78.2 cm³/mol. The normalized spacial score (nSPS) is 13.3. The molecule has 0 aliphatic rings. The number of hydrogen-bond acceptors (Lipinski definition) is 1. The van der Waals surface area contributed by atoms with Crippen LogP contribution in [0.2, 0.25) is 0 Å². The maximum atomic E-state index is 3.52. The third-order valence-corrected chi connectivity index (χ3v) is 4.67. The number of hydrogen-bond donors (Lipinski definition) is 0. The summed E-state index contributed by atoms with van der Waals surface area (Å²) in [5.41, 5.74) is 0. The number of rotatable bonds is 7. The Bertz CT molecular complexity index is 291. The van der Waals surface area contributed by atoms with E-state index in [9.17, 15) is 0 Å². The molecule has 0 bridgehead atoms. The molecule has 0 aliphatic carbocycles. The first-order valence-electron chi connectivity index (χ1n) is 6.32. The molecule has 92 valence electrons. The second kappa shape index (κ2) is 7.50. The number of halogens is 1. The van der Waals surface area contributed by atoms with Crippen molar-refractivity contribution < 1.29 is 0 Å². The van der Waals surface area contributed by atoms with Crippen molar-refractivity contribution in [1.82, 2.24) is 0 Å². The van der Waals surface area contributed by atoms with Crippen LogP contribution in [-0.4, -0.2) is 0 Å². The molecule has 16 heavy (non-hydrogen) atoms. The summed E-state index contributed by atoms with van der Waals surface area (Å²) in [4.78, 5) is 1.52. The highest BCUT2D eigenvalue weighted by molar-refractivity contribution is 9.11. The van der Waals surface area contributed by atoms with Gasteiger partial charge in [-0.15, -0.1) is 11.3 Å². The summed E-state index contributed by atoms with van der Waals surface area (Å²) in [7, 11) is 0. The van der Waals surface area contributed by atoms with E-state index in [1.54, 1.807) is 0 Å². The summed E-state index contributed by atoms with van der Waals surface area (Å²) in [5, 5.41) is 0. The van der Waals surface area contributed by atoms with Gasteiger partial charge in [-0.1, -0.05) is 40.0 Å². The topological polar surface area (TPSA) is 0 Å². The standard InChI is InChI=1S/C14H23BrS/c1-11(2)5-4-6-12(3)7-8-13-9-10-14(15)16-13/h9-12H,4-8H2,1-3H3. The van der Waals surface area contributed by atoms with Crippen LogP contribution in [0.5, 0.6) is 0 Å². The highest BCUT2D eigenvalue weighted by Crippen LogP contribution is 2.25. The van der Waals surface area contributed by atoms with Crippen molar-refractivity contribution in [3.8, 4) is 0 Å². The van der Waals surface area contributed by atoms with Crippen LogP contribution in [0.25, 0.3) is 0 Å². The third kappa shape index (κ3) is 6.05. The van der Waals surface area contributed by atoms with Crippen LogP contribution >= 0.6 is 27.3 Å². The largest absolute Gasteiger partial charge is 0.133 e. The molecule has 1 heterocycles. The van der Waals surface area contributed by atoms with E-state index >= 15 is 0 Å². The Kier molecular flexibility index (Phi) is 6.67. The smallest absolute Gasteiger partial charge is 0.0701 e. The summed E-state index contributed by atoms with van der Waals surface area (Å²) in [6.45, 7) is 7.02. The lowest BCUT2D eigenvalue weighted by atomic mass is 9.96. The molecule has 1 aromatic heterocycles. The van der Waals surface area contributed by atoms with E-state index in [1.165, 1.54) is 40.8 Å². The van der Waals surface area contributed by atoms with Crippen LogP contribution < -0.4 is 0 Å². The first-order chi connectivity index (χ1) is 7.58. The van der Waals surface area contributed by atoms with Gasteiger partial charge >= 0.3 is 0 Å². The van der Waals surface area contributed by atoms with Crippen molar-refractivity contribution in [3.05, 3.63) is 20.8 Å². The summed E-state index contributed by atoms with van der Waals surface area (Å²) < 4.78 is 1.26. The minimum atomic E-state index is 0.862. The van der Waals surface area contributed by atoms with Crippen LogP contribution in [0.15, 0.2) is 15.9 Å². The van der Waals surface area contributed by atoms with Crippen molar-refractivity contribution >= 4 is 27.3 Å². The molecule has 1 aromatic rings. The lowest BCUT2D eigenvalue weighted by molar-refractivity contribution is 0.438. The van der Waals surface area contributed by atoms with E-state index < -0.39 is 0 Å². The second-order valence-electron chi connectivity index (χ2n) is 5.17. The fourth-order valence-corrected chi connectivity index (χ4v) is 3.39. The van der Waals surface area contributed by atoms with Gasteiger partial charge in [0.05, 0.1) is 3.79 Å². The first kappa shape index (κ1) is 14.2. The van der Waals surface area contributed by atoms with Gasteiger partial charge in [0.1, 0.15) is 0 Å². The Balaban J connectivity index is 2.12. The number of thiophene rings is 1. The Hall–Kier alpha value is 0.180. The first-order valence-corrected chi connectivity index (χ1v) is 7.93. The summed E-state index contributed by atoms with van der Waals surface area (Å²) >= 11 is 5.39. The van der Waals surface area contributed by atoms with Gasteiger partial charge in [-0.25, -0.2) is 0 Å². The van der Waals surface area contributed by atoms with Crippen LogP contribution in [0.3, 0.4) is 0 Å². The lowest BCUT2D eigenvalue weighted by Crippen LogP contribution is -1.98. The summed E-state index contributed by atoms with van der Waals surface area (Å²) in [5.74, 6) is 1.74. The van der Waals surface area contributed by atoms with Crippen LogP contribution in [-0.2, 0) is 6.42 Å². The fourth-order valence-electron chi connectivity index (χ4n) is 1.89. The molecule has 0 spiro atoms. The van der Waals surface area contributed by atoms with Crippen LogP contribution in [0.4, 0.5) is 0 Å². The predicted octanol–water partition coefficient (Wildman–Crippen LogP) is 5.91. The molecule has 0 nitrogen and oxygen atoms in total. The fraction of sp³-hybridized carbons (Fsp3) is 0.714. The van der Waals surface area contributed by atoms with Gasteiger partial charge in [-0.2, -0.15) is 0 Å². The maximum absolute atomic E-state index is 3.52. The molecule has 0 aliphatic heterocycles. The Morgan fingerprint density at radius 2 is 1.88 bits per heavy atom. The molecule has 0 radical (unpaired) electrons. The molecule has 1 rings (SSSR count). The summed E-state index contributed by atoms with van der Waals surface area (Å²) in [6.07, 6.45) is 6.76. The number of aryl methyl sites for hydroxylation is 1. The minimum Gasteiger partial charge on any atom is -0.133 e. The average molecular weight is 303 g/mol.